The fourth-order valence-corrected chi connectivity index (χ4v) is 2.64. The van der Waals surface area contributed by atoms with Crippen molar-refractivity contribution < 1.29 is 39.2 Å². The molecule has 0 aromatic rings. The van der Waals surface area contributed by atoms with Crippen molar-refractivity contribution in [2.75, 3.05) is 0 Å². The average molecular weight is 330 g/mol. The van der Waals surface area contributed by atoms with Crippen LogP contribution in [0.1, 0.15) is 27.7 Å². The quantitative estimate of drug-likeness (QED) is 0.437. The van der Waals surface area contributed by atoms with Gasteiger partial charge in [0.15, 0.2) is 28.6 Å². The second-order valence-electron chi connectivity index (χ2n) is 5.57. The van der Waals surface area contributed by atoms with Crippen LogP contribution in [0.25, 0.3) is 0 Å². The molecule has 1 heterocycles. The summed E-state index contributed by atoms with van der Waals surface area (Å²) in [5.74, 6) is -3.66. The topological polar surface area (TPSA) is 150 Å². The molecule has 0 aliphatic carbocycles. The first kappa shape index (κ1) is 19.4. The normalized spacial score (nSPS) is 35.3. The fourth-order valence-electron chi connectivity index (χ4n) is 2.64. The highest BCUT2D eigenvalue weighted by molar-refractivity contribution is 6.00. The summed E-state index contributed by atoms with van der Waals surface area (Å²) in [6.07, 6.45) is -3.87. The summed E-state index contributed by atoms with van der Waals surface area (Å²) in [7, 11) is 0. The predicted molar refractivity (Wildman–Crippen MR) is 74.7 cm³/mol. The fraction of sp³-hybridized carbons (Fsp3) is 0.643. The van der Waals surface area contributed by atoms with Gasteiger partial charge in [-0.2, -0.15) is 0 Å². The van der Waals surface area contributed by atoms with Gasteiger partial charge in [0.05, 0.1) is 6.04 Å². The zero-order chi connectivity index (χ0) is 18.2. The van der Waals surface area contributed by atoms with Crippen molar-refractivity contribution in [2.45, 2.75) is 57.1 Å². The van der Waals surface area contributed by atoms with E-state index < -0.39 is 52.7 Å². The number of hydrogen-bond acceptors (Lipinski definition) is 8. The number of ether oxygens (including phenoxy) is 1. The van der Waals surface area contributed by atoms with Gasteiger partial charge in [0.2, 0.25) is 5.91 Å². The molecule has 129 valence electrons. The Hall–Kier alpha value is -1.68. The van der Waals surface area contributed by atoms with Crippen LogP contribution in [0.4, 0.5) is 0 Å². The Morgan fingerprint density at radius 2 is 1.52 bits per heavy atom. The number of hydrogen-bond donors (Lipinski definition) is 4. The van der Waals surface area contributed by atoms with E-state index in [-0.39, 0.29) is 0 Å². The lowest BCUT2D eigenvalue weighted by atomic mass is 9.66. The number of nitrogens with one attached hydrogen (secondary N) is 1. The van der Waals surface area contributed by atoms with Gasteiger partial charge in [-0.05, 0) is 20.8 Å². The van der Waals surface area contributed by atoms with Crippen molar-refractivity contribution in [3.05, 3.63) is 6.61 Å². The lowest BCUT2D eigenvalue weighted by Crippen LogP contribution is -2.80. The summed E-state index contributed by atoms with van der Waals surface area (Å²) in [5, 5.41) is 33.6. The number of carbonyl (C=O) groups is 4. The van der Waals surface area contributed by atoms with Crippen molar-refractivity contribution >= 4 is 23.3 Å². The predicted octanol–water partition coefficient (Wildman–Crippen LogP) is -2.36. The van der Waals surface area contributed by atoms with Crippen LogP contribution in [0.3, 0.4) is 0 Å². The Labute approximate surface area is 132 Å². The molecule has 1 amide bonds. The first-order valence-electron chi connectivity index (χ1n) is 6.81. The third-order valence-electron chi connectivity index (χ3n) is 3.94. The van der Waals surface area contributed by atoms with Crippen molar-refractivity contribution in [3.8, 4) is 0 Å². The molecular weight excluding hydrogens is 310 g/mol. The van der Waals surface area contributed by atoms with Crippen LogP contribution in [0.2, 0.25) is 0 Å². The first-order chi connectivity index (χ1) is 10.4. The molecule has 1 rings (SSSR count). The van der Waals surface area contributed by atoms with Gasteiger partial charge in [-0.15, -0.1) is 0 Å². The van der Waals surface area contributed by atoms with E-state index in [1.54, 1.807) is 0 Å². The van der Waals surface area contributed by atoms with Crippen LogP contribution in [0, 0.1) is 6.61 Å². The van der Waals surface area contributed by atoms with Gasteiger partial charge in [-0.25, -0.2) is 0 Å². The maximum atomic E-state index is 12.0. The van der Waals surface area contributed by atoms with E-state index >= 15 is 0 Å². The number of amides is 1. The van der Waals surface area contributed by atoms with E-state index in [1.807, 2.05) is 0 Å². The van der Waals surface area contributed by atoms with E-state index in [1.165, 1.54) is 0 Å². The Morgan fingerprint density at radius 1 is 1.04 bits per heavy atom. The number of rotatable bonds is 5. The van der Waals surface area contributed by atoms with Gasteiger partial charge in [-0.1, -0.05) is 0 Å². The highest BCUT2D eigenvalue weighted by Gasteiger charge is 2.69. The van der Waals surface area contributed by atoms with Crippen LogP contribution in [0.15, 0.2) is 0 Å². The van der Waals surface area contributed by atoms with Crippen molar-refractivity contribution in [3.63, 3.8) is 0 Å². The summed E-state index contributed by atoms with van der Waals surface area (Å²) in [5.41, 5.74) is -5.75. The zero-order valence-electron chi connectivity index (χ0n) is 13.2. The molecule has 9 heteroatoms. The van der Waals surface area contributed by atoms with E-state index in [9.17, 15) is 34.5 Å². The monoisotopic (exact) mass is 330 g/mol. The van der Waals surface area contributed by atoms with Gasteiger partial charge in [0.25, 0.3) is 0 Å². The average Bonchev–Trinajstić information content (AvgIpc) is 2.42. The molecule has 0 saturated carbocycles. The van der Waals surface area contributed by atoms with Crippen molar-refractivity contribution in [1.82, 2.24) is 5.32 Å². The first-order valence-corrected chi connectivity index (χ1v) is 6.81. The van der Waals surface area contributed by atoms with Gasteiger partial charge in [0, 0.05) is 6.92 Å². The molecule has 4 N–H and O–H groups in total. The molecule has 0 aromatic heterocycles. The molecule has 1 radical (unpaired) electrons. The third-order valence-corrected chi connectivity index (χ3v) is 3.94. The van der Waals surface area contributed by atoms with Gasteiger partial charge in [-0.3, -0.25) is 19.2 Å². The highest BCUT2D eigenvalue weighted by Crippen LogP contribution is 2.40. The molecule has 9 nitrogen and oxygen atoms in total. The second kappa shape index (κ2) is 6.44. The summed E-state index contributed by atoms with van der Waals surface area (Å²) in [6, 6.07) is -1.55. The maximum Gasteiger partial charge on any atom is 0.217 e. The SMILES string of the molecule is CC(=O)N[C@H]1[CH]O[C@H](C(O)C(C)=O)[C@@](O)(C(C)=O)[C@@]1(O)C(C)=O. The minimum Gasteiger partial charge on any atom is -0.382 e. The van der Waals surface area contributed by atoms with Crippen molar-refractivity contribution in [2.24, 2.45) is 0 Å². The van der Waals surface area contributed by atoms with Crippen LogP contribution in [-0.2, 0) is 23.9 Å². The Morgan fingerprint density at radius 3 is 1.87 bits per heavy atom. The summed E-state index contributed by atoms with van der Waals surface area (Å²) in [6.45, 7) is 4.66. The Balaban J connectivity index is 3.52. The van der Waals surface area contributed by atoms with Gasteiger partial charge in [0.1, 0.15) is 18.8 Å². The number of Topliss-reactive ketones (excluding diaryl/α,β-unsaturated/α-hetero) is 3. The Bertz CT molecular complexity index is 547. The molecule has 1 fully saturated rings. The van der Waals surface area contributed by atoms with Crippen LogP contribution in [-0.4, -0.2) is 68.0 Å². The lowest BCUT2D eigenvalue weighted by molar-refractivity contribution is -0.247. The maximum absolute atomic E-state index is 12.0. The molecule has 0 spiro atoms. The molecule has 1 saturated heterocycles. The number of aliphatic hydroxyl groups excluding tert-OH is 1. The Kier molecular flexibility index (Phi) is 5.42. The van der Waals surface area contributed by atoms with Gasteiger partial charge < -0.3 is 25.4 Å². The number of carbonyl (C=O) groups excluding carboxylic acids is 4. The van der Waals surface area contributed by atoms with Gasteiger partial charge >= 0.3 is 0 Å². The minimum absolute atomic E-state index is 0.661. The molecule has 5 atom stereocenters. The van der Waals surface area contributed by atoms with E-state index in [4.69, 9.17) is 4.74 Å². The number of ketones is 3. The summed E-state index contributed by atoms with van der Waals surface area (Å²) in [4.78, 5) is 46.7. The second-order valence-corrected chi connectivity index (χ2v) is 5.57. The van der Waals surface area contributed by atoms with Crippen LogP contribution >= 0.6 is 0 Å². The molecular formula is C14H20NO8. The largest absolute Gasteiger partial charge is 0.382 e. The highest BCUT2D eigenvalue weighted by atomic mass is 16.5. The standard InChI is InChI=1S/C14H20NO8/c1-6(16)11(20)12-14(22,8(3)18)13(21,7(2)17)10(5-23-12)15-9(4)19/h5,10-12,20-22H,1-4H3,(H,15,19)/t10-,11?,12+,13+,14-/m0/s1. The molecule has 0 aromatic carbocycles. The number of aliphatic hydroxyl groups is 3. The lowest BCUT2D eigenvalue weighted by Gasteiger charge is -2.52. The third kappa shape index (κ3) is 2.92. The molecule has 1 aliphatic rings. The van der Waals surface area contributed by atoms with Crippen molar-refractivity contribution in [1.29, 1.82) is 0 Å². The van der Waals surface area contributed by atoms with Crippen LogP contribution < -0.4 is 5.32 Å². The molecule has 0 bridgehead atoms. The molecule has 1 aliphatic heterocycles. The zero-order valence-corrected chi connectivity index (χ0v) is 13.2. The minimum atomic E-state index is -2.94. The van der Waals surface area contributed by atoms with Crippen LogP contribution in [0.5, 0.6) is 0 Å². The molecule has 23 heavy (non-hydrogen) atoms. The smallest absolute Gasteiger partial charge is 0.217 e. The van der Waals surface area contributed by atoms with E-state index in [0.717, 1.165) is 34.3 Å². The summed E-state index contributed by atoms with van der Waals surface area (Å²) < 4.78 is 5.04. The van der Waals surface area contributed by atoms with E-state index in [0.29, 0.717) is 0 Å². The molecule has 1 unspecified atom stereocenters. The summed E-state index contributed by atoms with van der Waals surface area (Å²) >= 11 is 0. The van der Waals surface area contributed by atoms with E-state index in [2.05, 4.69) is 5.32 Å².